The average Bonchev–Trinajstić information content (AvgIpc) is 3.45. The van der Waals surface area contributed by atoms with Crippen LogP contribution in [0.25, 0.3) is 5.69 Å². The number of carboxylic acids is 1. The predicted molar refractivity (Wildman–Crippen MR) is 145 cm³/mol. The Hall–Kier alpha value is -4.15. The maximum absolute atomic E-state index is 13.7. The van der Waals surface area contributed by atoms with Gasteiger partial charge in [0.1, 0.15) is 0 Å². The monoisotopic (exact) mass is 568 g/mol. The number of para-hydroxylation sites is 1. The number of hydrogen-bond acceptors (Lipinski definition) is 4. The number of rotatable bonds is 6. The van der Waals surface area contributed by atoms with E-state index in [4.69, 9.17) is 0 Å². The fraction of sp³-hybridized carbons (Fsp3) is 0.400. The van der Waals surface area contributed by atoms with Gasteiger partial charge in [-0.2, -0.15) is 18.3 Å². The van der Waals surface area contributed by atoms with Crippen LogP contribution >= 0.6 is 0 Å². The molecule has 2 aromatic carbocycles. The van der Waals surface area contributed by atoms with E-state index < -0.39 is 29.3 Å². The SMILES string of the molecule is O=C(Nc1ccc(C2CCN(C(=O)C3CCC(C(=O)O)CC3)CC2)cc1)c1cn(-c2ccccc2)nc1C(F)(F)F. The van der Waals surface area contributed by atoms with Crippen molar-refractivity contribution in [2.75, 3.05) is 18.4 Å². The molecule has 41 heavy (non-hydrogen) atoms. The summed E-state index contributed by atoms with van der Waals surface area (Å²) in [5.41, 5.74) is -0.0285. The highest BCUT2D eigenvalue weighted by atomic mass is 19.4. The Morgan fingerprint density at radius 3 is 2.05 bits per heavy atom. The highest BCUT2D eigenvalue weighted by Gasteiger charge is 2.39. The molecular formula is C30H31F3N4O4. The van der Waals surface area contributed by atoms with E-state index in [1.807, 2.05) is 17.0 Å². The quantitative estimate of drug-likeness (QED) is 0.395. The summed E-state index contributed by atoms with van der Waals surface area (Å²) in [5.74, 6) is -1.82. The number of amides is 2. The van der Waals surface area contributed by atoms with Crippen LogP contribution in [-0.4, -0.2) is 50.7 Å². The van der Waals surface area contributed by atoms with Gasteiger partial charge in [0, 0.05) is 30.9 Å². The largest absolute Gasteiger partial charge is 0.481 e. The summed E-state index contributed by atoms with van der Waals surface area (Å²) >= 11 is 0. The molecule has 1 saturated heterocycles. The molecule has 0 spiro atoms. The lowest BCUT2D eigenvalue weighted by Crippen LogP contribution is -2.42. The van der Waals surface area contributed by atoms with E-state index in [0.29, 0.717) is 50.1 Å². The smallest absolute Gasteiger partial charge is 0.435 e. The average molecular weight is 569 g/mol. The summed E-state index contributed by atoms with van der Waals surface area (Å²) in [7, 11) is 0. The van der Waals surface area contributed by atoms with Gasteiger partial charge in [-0.3, -0.25) is 14.4 Å². The first kappa shape index (κ1) is 28.4. The molecule has 3 aromatic rings. The Kier molecular flexibility index (Phi) is 8.14. The minimum atomic E-state index is -4.80. The third kappa shape index (κ3) is 6.44. The van der Waals surface area contributed by atoms with Crippen LogP contribution in [0.1, 0.15) is 66.1 Å². The minimum absolute atomic E-state index is 0.109. The molecule has 0 bridgehead atoms. The summed E-state index contributed by atoms with van der Waals surface area (Å²) in [4.78, 5) is 38.9. The summed E-state index contributed by atoms with van der Waals surface area (Å²) in [6.07, 6.45) is 0.126. The molecule has 5 rings (SSSR count). The van der Waals surface area contributed by atoms with Crippen molar-refractivity contribution in [3.63, 3.8) is 0 Å². The summed E-state index contributed by atoms with van der Waals surface area (Å²) in [6, 6.07) is 15.3. The number of carboxylic acid groups (broad SMARTS) is 1. The van der Waals surface area contributed by atoms with Gasteiger partial charge >= 0.3 is 12.1 Å². The van der Waals surface area contributed by atoms with Gasteiger partial charge in [-0.15, -0.1) is 0 Å². The fourth-order valence-electron chi connectivity index (χ4n) is 5.78. The lowest BCUT2D eigenvalue weighted by atomic mass is 9.81. The predicted octanol–water partition coefficient (Wildman–Crippen LogP) is 5.74. The second-order valence-corrected chi connectivity index (χ2v) is 10.7. The Balaban J connectivity index is 1.18. The first-order valence-corrected chi connectivity index (χ1v) is 13.8. The zero-order valence-electron chi connectivity index (χ0n) is 22.3. The van der Waals surface area contributed by atoms with Gasteiger partial charge in [-0.1, -0.05) is 30.3 Å². The minimum Gasteiger partial charge on any atom is -0.481 e. The van der Waals surface area contributed by atoms with Crippen molar-refractivity contribution < 1.29 is 32.7 Å². The van der Waals surface area contributed by atoms with Gasteiger partial charge in [0.2, 0.25) is 5.91 Å². The maximum Gasteiger partial charge on any atom is 0.435 e. The molecule has 2 N–H and O–H groups in total. The second kappa shape index (κ2) is 11.8. The van der Waals surface area contributed by atoms with Crippen LogP contribution in [0.2, 0.25) is 0 Å². The number of benzene rings is 2. The zero-order valence-corrected chi connectivity index (χ0v) is 22.3. The topological polar surface area (TPSA) is 105 Å². The number of anilines is 1. The van der Waals surface area contributed by atoms with E-state index in [0.717, 1.165) is 29.3 Å². The molecule has 2 fully saturated rings. The molecule has 0 unspecified atom stereocenters. The van der Waals surface area contributed by atoms with Crippen LogP contribution in [0.5, 0.6) is 0 Å². The van der Waals surface area contributed by atoms with Crippen LogP contribution in [0.3, 0.4) is 0 Å². The first-order valence-electron chi connectivity index (χ1n) is 13.8. The van der Waals surface area contributed by atoms with Crippen molar-refractivity contribution in [3.05, 3.63) is 77.6 Å². The number of carbonyl (C=O) groups excluding carboxylic acids is 2. The standard InChI is InChI=1S/C30H31F3N4O4/c31-30(32,33)26-25(18-37(35-26)24-4-2-1-3-5-24)27(38)34-23-12-10-19(11-13-23)20-14-16-36(17-15-20)28(39)21-6-8-22(9-7-21)29(40)41/h1-5,10-13,18,20-22H,6-9,14-17H2,(H,34,38)(H,40,41). The van der Waals surface area contributed by atoms with Crippen LogP contribution < -0.4 is 5.32 Å². The van der Waals surface area contributed by atoms with Crippen LogP contribution in [0.4, 0.5) is 18.9 Å². The molecule has 11 heteroatoms. The van der Waals surface area contributed by atoms with Crippen LogP contribution in [0, 0.1) is 11.8 Å². The highest BCUT2D eigenvalue weighted by Crippen LogP contribution is 2.34. The Morgan fingerprint density at radius 1 is 0.854 bits per heavy atom. The number of halogens is 3. The molecule has 1 aromatic heterocycles. The first-order chi connectivity index (χ1) is 19.6. The van der Waals surface area contributed by atoms with Crippen molar-refractivity contribution in [2.24, 2.45) is 11.8 Å². The number of aromatic nitrogens is 2. The molecule has 2 amide bonds. The second-order valence-electron chi connectivity index (χ2n) is 10.7. The van der Waals surface area contributed by atoms with Crippen molar-refractivity contribution in [1.29, 1.82) is 0 Å². The third-order valence-electron chi connectivity index (χ3n) is 8.12. The number of carbonyl (C=O) groups is 3. The van der Waals surface area contributed by atoms with Gasteiger partial charge in [0.25, 0.3) is 5.91 Å². The Bertz CT molecular complexity index is 1390. The van der Waals surface area contributed by atoms with Gasteiger partial charge in [0.15, 0.2) is 5.69 Å². The zero-order chi connectivity index (χ0) is 29.1. The van der Waals surface area contributed by atoms with Crippen molar-refractivity contribution in [1.82, 2.24) is 14.7 Å². The van der Waals surface area contributed by atoms with E-state index in [1.165, 1.54) is 0 Å². The van der Waals surface area contributed by atoms with E-state index in [1.54, 1.807) is 42.5 Å². The van der Waals surface area contributed by atoms with Crippen LogP contribution in [0.15, 0.2) is 60.8 Å². The maximum atomic E-state index is 13.7. The number of likely N-dealkylation sites (tertiary alicyclic amines) is 1. The van der Waals surface area contributed by atoms with Gasteiger partial charge in [0.05, 0.1) is 17.2 Å². The Morgan fingerprint density at radius 2 is 1.46 bits per heavy atom. The molecule has 216 valence electrons. The summed E-state index contributed by atoms with van der Waals surface area (Å²) < 4.78 is 42.0. The number of nitrogens with zero attached hydrogens (tertiary/aromatic N) is 3. The van der Waals surface area contributed by atoms with E-state index in [9.17, 15) is 32.7 Å². The van der Waals surface area contributed by atoms with Crippen LogP contribution in [-0.2, 0) is 15.8 Å². The summed E-state index contributed by atoms with van der Waals surface area (Å²) in [6.45, 7) is 1.24. The van der Waals surface area contributed by atoms with E-state index in [-0.39, 0.29) is 23.7 Å². The van der Waals surface area contributed by atoms with Gasteiger partial charge < -0.3 is 15.3 Å². The number of alkyl halides is 3. The molecule has 2 heterocycles. The van der Waals surface area contributed by atoms with Crippen molar-refractivity contribution in [2.45, 2.75) is 50.6 Å². The van der Waals surface area contributed by atoms with Gasteiger partial charge in [-0.05, 0) is 74.3 Å². The van der Waals surface area contributed by atoms with Gasteiger partial charge in [-0.25, -0.2) is 4.68 Å². The molecule has 0 radical (unpaired) electrons. The highest BCUT2D eigenvalue weighted by molar-refractivity contribution is 6.05. The normalized spacial score (nSPS) is 20.0. The number of aliphatic carboxylic acids is 1. The molecule has 8 nitrogen and oxygen atoms in total. The van der Waals surface area contributed by atoms with E-state index in [2.05, 4.69) is 10.4 Å². The molecule has 1 saturated carbocycles. The summed E-state index contributed by atoms with van der Waals surface area (Å²) in [5, 5.41) is 15.4. The molecule has 0 atom stereocenters. The van der Waals surface area contributed by atoms with Crippen molar-refractivity contribution in [3.8, 4) is 5.69 Å². The van der Waals surface area contributed by atoms with E-state index >= 15 is 0 Å². The molecule has 1 aliphatic carbocycles. The fourth-order valence-corrected chi connectivity index (χ4v) is 5.78. The number of nitrogens with one attached hydrogen (secondary N) is 1. The molecule has 1 aliphatic heterocycles. The van der Waals surface area contributed by atoms with Crippen molar-refractivity contribution >= 4 is 23.5 Å². The lowest BCUT2D eigenvalue weighted by Gasteiger charge is -2.36. The molecular weight excluding hydrogens is 537 g/mol. The number of hydrogen-bond donors (Lipinski definition) is 2. The molecule has 2 aliphatic rings. The number of piperidine rings is 1. The Labute approximate surface area is 235 Å². The lowest BCUT2D eigenvalue weighted by molar-refractivity contribution is -0.146. The third-order valence-corrected chi connectivity index (χ3v) is 8.12.